The van der Waals surface area contributed by atoms with Crippen molar-refractivity contribution in [3.8, 4) is 0 Å². The van der Waals surface area contributed by atoms with Crippen molar-refractivity contribution in [2.75, 3.05) is 13.1 Å². The molecule has 2 aromatic rings. The molecule has 6 heteroatoms. The summed E-state index contributed by atoms with van der Waals surface area (Å²) < 4.78 is 5.80. The van der Waals surface area contributed by atoms with E-state index in [-0.39, 0.29) is 17.9 Å². The average Bonchev–Trinajstić information content (AvgIpc) is 3.08. The number of hydrogen-bond acceptors (Lipinski definition) is 3. The number of furan rings is 1. The molecule has 1 aliphatic rings. The van der Waals surface area contributed by atoms with Crippen LogP contribution < -0.4 is 5.32 Å². The summed E-state index contributed by atoms with van der Waals surface area (Å²) >= 11 is 3.19. The fraction of sp³-hybridized carbons (Fsp3) is 0.400. The molecule has 0 atom stereocenters. The van der Waals surface area contributed by atoms with Crippen LogP contribution in [0.1, 0.15) is 59.1 Å². The minimum absolute atomic E-state index is 0.0544. The number of hydrogen-bond donors (Lipinski definition) is 1. The molecule has 0 unspecified atom stereocenters. The van der Waals surface area contributed by atoms with Crippen molar-refractivity contribution in [2.24, 2.45) is 0 Å². The SMILES string of the molecule is CC(C)c1ccc(C(=O)N2CCC(NC(=O)c3ccc(Br)o3)CC2)cc1. The van der Waals surface area contributed by atoms with Gasteiger partial charge in [-0.25, -0.2) is 0 Å². The molecule has 2 heterocycles. The van der Waals surface area contributed by atoms with Gasteiger partial charge in [-0.3, -0.25) is 9.59 Å². The number of likely N-dealkylation sites (tertiary alicyclic amines) is 1. The van der Waals surface area contributed by atoms with E-state index in [1.807, 2.05) is 29.2 Å². The molecule has 0 saturated carbocycles. The van der Waals surface area contributed by atoms with E-state index in [0.29, 0.717) is 29.4 Å². The quantitative estimate of drug-likeness (QED) is 0.808. The minimum atomic E-state index is -0.218. The maximum atomic E-state index is 12.7. The highest BCUT2D eigenvalue weighted by Gasteiger charge is 2.25. The molecule has 1 aliphatic heterocycles. The summed E-state index contributed by atoms with van der Waals surface area (Å²) in [5.74, 6) is 0.582. The predicted octanol–water partition coefficient (Wildman–Crippen LogP) is 4.20. The summed E-state index contributed by atoms with van der Waals surface area (Å²) in [6.07, 6.45) is 1.48. The molecule has 1 aromatic heterocycles. The van der Waals surface area contributed by atoms with Gasteiger partial charge in [0.1, 0.15) is 0 Å². The lowest BCUT2D eigenvalue weighted by Crippen LogP contribution is -2.46. The van der Waals surface area contributed by atoms with Crippen LogP contribution in [0.15, 0.2) is 45.5 Å². The van der Waals surface area contributed by atoms with E-state index in [9.17, 15) is 9.59 Å². The summed E-state index contributed by atoms with van der Waals surface area (Å²) in [5, 5.41) is 2.98. The number of carbonyl (C=O) groups excluding carboxylic acids is 2. The normalized spacial score (nSPS) is 15.3. The van der Waals surface area contributed by atoms with E-state index >= 15 is 0 Å². The van der Waals surface area contributed by atoms with Crippen LogP contribution >= 0.6 is 15.9 Å². The van der Waals surface area contributed by atoms with Gasteiger partial charge < -0.3 is 14.6 Å². The van der Waals surface area contributed by atoms with Gasteiger partial charge in [-0.15, -0.1) is 0 Å². The summed E-state index contributed by atoms with van der Waals surface area (Å²) in [7, 11) is 0. The zero-order chi connectivity index (χ0) is 18.7. The third-order valence-corrected chi connectivity index (χ3v) is 5.16. The second-order valence-electron chi connectivity index (χ2n) is 6.92. The summed E-state index contributed by atoms with van der Waals surface area (Å²) in [6, 6.07) is 11.2. The first-order valence-corrected chi connectivity index (χ1v) is 9.69. The number of amides is 2. The number of benzene rings is 1. The molecular weight excluding hydrogens is 396 g/mol. The largest absolute Gasteiger partial charge is 0.444 e. The minimum Gasteiger partial charge on any atom is -0.444 e. The van der Waals surface area contributed by atoms with Crippen LogP contribution in [-0.4, -0.2) is 35.8 Å². The highest BCUT2D eigenvalue weighted by Crippen LogP contribution is 2.19. The molecule has 1 saturated heterocycles. The first kappa shape index (κ1) is 18.7. The van der Waals surface area contributed by atoms with Gasteiger partial charge in [0.05, 0.1) is 0 Å². The Morgan fingerprint density at radius 2 is 1.77 bits per heavy atom. The van der Waals surface area contributed by atoms with Crippen molar-refractivity contribution in [1.29, 1.82) is 0 Å². The van der Waals surface area contributed by atoms with Gasteiger partial charge in [-0.1, -0.05) is 26.0 Å². The molecule has 26 heavy (non-hydrogen) atoms. The molecular formula is C20H23BrN2O3. The van der Waals surface area contributed by atoms with E-state index in [2.05, 4.69) is 35.1 Å². The molecule has 0 spiro atoms. The molecule has 0 aliphatic carbocycles. The Hall–Kier alpha value is -2.08. The van der Waals surface area contributed by atoms with Crippen molar-refractivity contribution in [3.63, 3.8) is 0 Å². The van der Waals surface area contributed by atoms with Gasteiger partial charge in [0, 0.05) is 24.7 Å². The average molecular weight is 419 g/mol. The van der Waals surface area contributed by atoms with Gasteiger partial charge in [0.15, 0.2) is 10.4 Å². The Bertz CT molecular complexity index is 775. The lowest BCUT2D eigenvalue weighted by molar-refractivity contribution is 0.0695. The topological polar surface area (TPSA) is 62.6 Å². The second-order valence-corrected chi connectivity index (χ2v) is 7.70. The lowest BCUT2D eigenvalue weighted by atomic mass is 10.0. The number of halogens is 1. The van der Waals surface area contributed by atoms with Crippen LogP contribution in [0, 0.1) is 0 Å². The van der Waals surface area contributed by atoms with Crippen LogP contribution in [0.3, 0.4) is 0 Å². The van der Waals surface area contributed by atoms with Crippen molar-refractivity contribution >= 4 is 27.7 Å². The molecule has 0 radical (unpaired) electrons. The van der Waals surface area contributed by atoms with Gasteiger partial charge in [-0.2, -0.15) is 0 Å². The maximum absolute atomic E-state index is 12.7. The Morgan fingerprint density at radius 3 is 2.31 bits per heavy atom. The monoisotopic (exact) mass is 418 g/mol. The first-order valence-electron chi connectivity index (χ1n) is 8.89. The van der Waals surface area contributed by atoms with Gasteiger partial charge in [-0.05, 0) is 64.5 Å². The van der Waals surface area contributed by atoms with Crippen LogP contribution in [0.2, 0.25) is 0 Å². The third-order valence-electron chi connectivity index (χ3n) is 4.74. The van der Waals surface area contributed by atoms with Crippen LogP contribution in [0.4, 0.5) is 0 Å². The molecule has 2 amide bonds. The van der Waals surface area contributed by atoms with Gasteiger partial charge >= 0.3 is 0 Å². The van der Waals surface area contributed by atoms with E-state index in [1.54, 1.807) is 12.1 Å². The predicted molar refractivity (Wildman–Crippen MR) is 103 cm³/mol. The highest BCUT2D eigenvalue weighted by molar-refractivity contribution is 9.10. The summed E-state index contributed by atoms with van der Waals surface area (Å²) in [5.41, 5.74) is 1.95. The number of nitrogens with zero attached hydrogens (tertiary/aromatic N) is 1. The zero-order valence-electron chi connectivity index (χ0n) is 15.0. The molecule has 138 valence electrons. The summed E-state index contributed by atoms with van der Waals surface area (Å²) in [6.45, 7) is 5.55. The fourth-order valence-corrected chi connectivity index (χ4v) is 3.42. The van der Waals surface area contributed by atoms with E-state index in [4.69, 9.17) is 4.42 Å². The second kappa shape index (κ2) is 8.08. The first-order chi connectivity index (χ1) is 12.4. The fourth-order valence-electron chi connectivity index (χ4n) is 3.11. The number of piperidine rings is 1. The molecule has 1 fully saturated rings. The maximum Gasteiger partial charge on any atom is 0.287 e. The summed E-state index contributed by atoms with van der Waals surface area (Å²) in [4.78, 5) is 26.7. The molecule has 5 nitrogen and oxygen atoms in total. The van der Waals surface area contributed by atoms with Crippen LogP contribution in [0.5, 0.6) is 0 Å². The van der Waals surface area contributed by atoms with Crippen molar-refractivity contribution in [3.05, 3.63) is 58.0 Å². The van der Waals surface area contributed by atoms with E-state index in [1.165, 1.54) is 5.56 Å². The molecule has 1 aromatic carbocycles. The van der Waals surface area contributed by atoms with Gasteiger partial charge in [0.25, 0.3) is 11.8 Å². The van der Waals surface area contributed by atoms with Crippen LogP contribution in [-0.2, 0) is 0 Å². The van der Waals surface area contributed by atoms with Crippen molar-refractivity contribution < 1.29 is 14.0 Å². The number of nitrogens with one attached hydrogen (secondary N) is 1. The Morgan fingerprint density at radius 1 is 1.12 bits per heavy atom. The standard InChI is InChI=1S/C20H23BrN2O3/c1-13(2)14-3-5-15(6-4-14)20(25)23-11-9-16(10-12-23)22-19(24)17-7-8-18(21)26-17/h3-8,13,16H,9-12H2,1-2H3,(H,22,24). The molecule has 1 N–H and O–H groups in total. The lowest BCUT2D eigenvalue weighted by Gasteiger charge is -2.32. The van der Waals surface area contributed by atoms with Crippen molar-refractivity contribution in [2.45, 2.75) is 38.6 Å². The van der Waals surface area contributed by atoms with Crippen molar-refractivity contribution in [1.82, 2.24) is 10.2 Å². The Kier molecular flexibility index (Phi) is 5.81. The Labute approximate surface area is 161 Å². The van der Waals surface area contributed by atoms with E-state index < -0.39 is 0 Å². The number of rotatable bonds is 4. The number of carbonyl (C=O) groups is 2. The Balaban J connectivity index is 1.53. The molecule has 3 rings (SSSR count). The third kappa shape index (κ3) is 4.36. The zero-order valence-corrected chi connectivity index (χ0v) is 16.6. The van der Waals surface area contributed by atoms with Crippen LogP contribution in [0.25, 0.3) is 0 Å². The van der Waals surface area contributed by atoms with Gasteiger partial charge in [0.2, 0.25) is 0 Å². The smallest absolute Gasteiger partial charge is 0.287 e. The van der Waals surface area contributed by atoms with E-state index in [0.717, 1.165) is 18.4 Å². The highest BCUT2D eigenvalue weighted by atomic mass is 79.9. The molecule has 0 bridgehead atoms.